The van der Waals surface area contributed by atoms with E-state index >= 15 is 0 Å². The van der Waals surface area contributed by atoms with E-state index in [0.717, 1.165) is 43.4 Å². The normalized spacial score (nSPS) is 16.3. The molecule has 0 spiro atoms. The van der Waals surface area contributed by atoms with Gasteiger partial charge in [0, 0.05) is 10.6 Å². The molecule has 0 saturated heterocycles. The molecule has 1 amide bonds. The lowest BCUT2D eigenvalue weighted by molar-refractivity contribution is 0.0897. The molecule has 1 aliphatic rings. The number of amides is 1. The number of carbonyl (C=O) groups excluding carboxylic acids is 1. The Morgan fingerprint density at radius 1 is 1.04 bits per heavy atom. The summed E-state index contributed by atoms with van der Waals surface area (Å²) >= 11 is 6.07. The molecule has 2 aromatic carbocycles. The Kier molecular flexibility index (Phi) is 4.35. The van der Waals surface area contributed by atoms with E-state index in [9.17, 15) is 13.6 Å². The fourth-order valence-corrected chi connectivity index (χ4v) is 3.37. The molecule has 0 unspecified atom stereocenters. The highest BCUT2D eigenvalue weighted by Crippen LogP contribution is 2.39. The smallest absolute Gasteiger partial charge is 0.252 e. The minimum absolute atomic E-state index is 0.109. The maximum absolute atomic E-state index is 13.4. The van der Waals surface area contributed by atoms with Gasteiger partial charge in [0.05, 0.1) is 5.54 Å². The van der Waals surface area contributed by atoms with Crippen LogP contribution in [0.4, 0.5) is 8.78 Å². The molecular weight excluding hydrogens is 320 g/mol. The van der Waals surface area contributed by atoms with Crippen LogP contribution in [0.1, 0.15) is 41.6 Å². The first-order valence-electron chi connectivity index (χ1n) is 7.54. The van der Waals surface area contributed by atoms with Gasteiger partial charge in [-0.2, -0.15) is 0 Å². The highest BCUT2D eigenvalue weighted by molar-refractivity contribution is 6.30. The molecule has 0 aliphatic heterocycles. The van der Waals surface area contributed by atoms with Gasteiger partial charge >= 0.3 is 0 Å². The van der Waals surface area contributed by atoms with Crippen molar-refractivity contribution >= 4 is 17.5 Å². The zero-order valence-corrected chi connectivity index (χ0v) is 13.2. The number of halogens is 3. The number of hydrogen-bond acceptors (Lipinski definition) is 1. The molecule has 0 heterocycles. The SMILES string of the molecule is O=C(NC1(c2cccc(Cl)c2)CCCC1)c1ccc(F)c(F)c1. The highest BCUT2D eigenvalue weighted by Gasteiger charge is 2.37. The fraction of sp³-hybridized carbons (Fsp3) is 0.278. The Bertz CT molecular complexity index is 742. The van der Waals surface area contributed by atoms with Crippen LogP contribution in [0.5, 0.6) is 0 Å². The fourth-order valence-electron chi connectivity index (χ4n) is 3.18. The van der Waals surface area contributed by atoms with Gasteiger partial charge in [-0.05, 0) is 48.7 Å². The summed E-state index contributed by atoms with van der Waals surface area (Å²) in [6.45, 7) is 0. The van der Waals surface area contributed by atoms with Gasteiger partial charge in [-0.15, -0.1) is 0 Å². The van der Waals surface area contributed by atoms with Crippen molar-refractivity contribution < 1.29 is 13.6 Å². The molecule has 0 radical (unpaired) electrons. The van der Waals surface area contributed by atoms with Crippen LogP contribution in [0.2, 0.25) is 5.02 Å². The van der Waals surface area contributed by atoms with Crippen molar-refractivity contribution in [3.8, 4) is 0 Å². The van der Waals surface area contributed by atoms with Crippen LogP contribution in [0, 0.1) is 11.6 Å². The molecule has 0 atom stereocenters. The number of carbonyl (C=O) groups is 1. The van der Waals surface area contributed by atoms with E-state index in [2.05, 4.69) is 5.32 Å². The summed E-state index contributed by atoms with van der Waals surface area (Å²) in [5.74, 6) is -2.40. The van der Waals surface area contributed by atoms with Gasteiger partial charge in [-0.3, -0.25) is 4.79 Å². The molecule has 2 nitrogen and oxygen atoms in total. The van der Waals surface area contributed by atoms with E-state index < -0.39 is 23.1 Å². The Hall–Kier alpha value is -1.94. The van der Waals surface area contributed by atoms with E-state index in [1.165, 1.54) is 6.07 Å². The molecule has 5 heteroatoms. The molecular formula is C18H16ClF2NO. The number of benzene rings is 2. The number of nitrogens with one attached hydrogen (secondary N) is 1. The predicted molar refractivity (Wildman–Crippen MR) is 85.4 cm³/mol. The maximum Gasteiger partial charge on any atom is 0.252 e. The second-order valence-electron chi connectivity index (χ2n) is 5.88. The molecule has 120 valence electrons. The van der Waals surface area contributed by atoms with E-state index in [1.807, 2.05) is 18.2 Å². The Balaban J connectivity index is 1.90. The van der Waals surface area contributed by atoms with Gasteiger partial charge < -0.3 is 5.32 Å². The standard InChI is InChI=1S/C18H16ClF2NO/c19-14-5-3-4-13(11-14)18(8-1-2-9-18)22-17(23)12-6-7-15(20)16(21)10-12/h3-7,10-11H,1-2,8-9H2,(H,22,23). The third-order valence-corrected chi connectivity index (χ3v) is 4.60. The van der Waals surface area contributed by atoms with Gasteiger partial charge in [0.1, 0.15) is 0 Å². The molecule has 2 aromatic rings. The quantitative estimate of drug-likeness (QED) is 0.856. The lowest BCUT2D eigenvalue weighted by Gasteiger charge is -2.31. The molecule has 3 rings (SSSR count). The first-order chi connectivity index (χ1) is 11.0. The van der Waals surface area contributed by atoms with Crippen molar-refractivity contribution in [1.29, 1.82) is 0 Å². The number of hydrogen-bond donors (Lipinski definition) is 1. The molecule has 1 fully saturated rings. The van der Waals surface area contributed by atoms with Crippen LogP contribution >= 0.6 is 11.6 Å². The zero-order valence-electron chi connectivity index (χ0n) is 12.4. The molecule has 0 aromatic heterocycles. The average molecular weight is 336 g/mol. The van der Waals surface area contributed by atoms with Crippen LogP contribution in [0.15, 0.2) is 42.5 Å². The summed E-state index contributed by atoms with van der Waals surface area (Å²) in [5.41, 5.74) is 0.544. The van der Waals surface area contributed by atoms with Gasteiger partial charge in [0.2, 0.25) is 0 Å². The molecule has 1 aliphatic carbocycles. The lowest BCUT2D eigenvalue weighted by atomic mass is 9.87. The Labute approximate surface area is 138 Å². The first-order valence-corrected chi connectivity index (χ1v) is 7.92. The van der Waals surface area contributed by atoms with Crippen molar-refractivity contribution in [2.24, 2.45) is 0 Å². The van der Waals surface area contributed by atoms with E-state index in [0.29, 0.717) is 5.02 Å². The topological polar surface area (TPSA) is 29.1 Å². The van der Waals surface area contributed by atoms with Crippen molar-refractivity contribution in [3.05, 3.63) is 70.2 Å². The molecule has 1 saturated carbocycles. The number of rotatable bonds is 3. The van der Waals surface area contributed by atoms with Crippen LogP contribution in [0.3, 0.4) is 0 Å². The first kappa shape index (κ1) is 15.9. The maximum atomic E-state index is 13.4. The monoisotopic (exact) mass is 335 g/mol. The van der Waals surface area contributed by atoms with Crippen LogP contribution < -0.4 is 5.32 Å². The Morgan fingerprint density at radius 2 is 1.78 bits per heavy atom. The average Bonchev–Trinajstić information content (AvgIpc) is 3.00. The van der Waals surface area contributed by atoms with E-state index in [1.54, 1.807) is 6.07 Å². The van der Waals surface area contributed by atoms with E-state index in [4.69, 9.17) is 11.6 Å². The van der Waals surface area contributed by atoms with Crippen LogP contribution in [-0.2, 0) is 5.54 Å². The van der Waals surface area contributed by atoms with Gasteiger partial charge in [0.15, 0.2) is 11.6 Å². The summed E-state index contributed by atoms with van der Waals surface area (Å²) in [5, 5.41) is 3.62. The van der Waals surface area contributed by atoms with Gasteiger partial charge in [-0.1, -0.05) is 36.6 Å². The van der Waals surface area contributed by atoms with Crippen molar-refractivity contribution in [2.75, 3.05) is 0 Å². The van der Waals surface area contributed by atoms with E-state index in [-0.39, 0.29) is 5.56 Å². The predicted octanol–water partition coefficient (Wildman–Crippen LogP) is 4.82. The summed E-state index contributed by atoms with van der Waals surface area (Å²) in [6.07, 6.45) is 3.57. The largest absolute Gasteiger partial charge is 0.343 e. The lowest BCUT2D eigenvalue weighted by Crippen LogP contribution is -2.43. The summed E-state index contributed by atoms with van der Waals surface area (Å²) in [4.78, 5) is 12.5. The molecule has 1 N–H and O–H groups in total. The van der Waals surface area contributed by atoms with Gasteiger partial charge in [0.25, 0.3) is 5.91 Å². The summed E-state index contributed by atoms with van der Waals surface area (Å²) < 4.78 is 26.4. The third-order valence-electron chi connectivity index (χ3n) is 4.37. The summed E-state index contributed by atoms with van der Waals surface area (Å²) in [7, 11) is 0. The zero-order chi connectivity index (χ0) is 16.4. The second kappa shape index (κ2) is 6.28. The van der Waals surface area contributed by atoms with Crippen LogP contribution in [-0.4, -0.2) is 5.91 Å². The van der Waals surface area contributed by atoms with Crippen molar-refractivity contribution in [2.45, 2.75) is 31.2 Å². The van der Waals surface area contributed by atoms with Crippen molar-refractivity contribution in [3.63, 3.8) is 0 Å². The molecule has 0 bridgehead atoms. The van der Waals surface area contributed by atoms with Crippen LogP contribution in [0.25, 0.3) is 0 Å². The second-order valence-corrected chi connectivity index (χ2v) is 6.32. The summed E-state index contributed by atoms with van der Waals surface area (Å²) in [6, 6.07) is 10.6. The minimum atomic E-state index is -1.03. The third kappa shape index (κ3) is 3.22. The Morgan fingerprint density at radius 3 is 2.43 bits per heavy atom. The molecule has 23 heavy (non-hydrogen) atoms. The highest BCUT2D eigenvalue weighted by atomic mass is 35.5. The van der Waals surface area contributed by atoms with Crippen molar-refractivity contribution in [1.82, 2.24) is 5.32 Å². The minimum Gasteiger partial charge on any atom is -0.343 e. The van der Waals surface area contributed by atoms with Gasteiger partial charge in [-0.25, -0.2) is 8.78 Å².